The SMILES string of the molecule is O=C=c1c(=C=O)c(=O)n(C(=O)O)c(=C=O)c1=C=O. The zero-order valence-electron chi connectivity index (χ0n) is 8.34. The molecular formula is C10HNO7. The molecule has 0 aromatic carbocycles. The van der Waals surface area contributed by atoms with Crippen LogP contribution in [-0.2, 0) is 19.2 Å². The Labute approximate surface area is 95.7 Å². The normalized spacial score (nSPS) is 8.67. The van der Waals surface area contributed by atoms with Gasteiger partial charge in [-0.25, -0.2) is 24.0 Å². The number of carboxylic acid groups (broad SMARTS) is 1. The van der Waals surface area contributed by atoms with E-state index in [4.69, 9.17) is 5.11 Å². The molecule has 0 saturated heterocycles. The number of nitrogens with zero attached hydrogens (tertiary/aromatic N) is 1. The van der Waals surface area contributed by atoms with E-state index in [1.54, 1.807) is 0 Å². The van der Waals surface area contributed by atoms with Crippen molar-refractivity contribution in [3.63, 3.8) is 0 Å². The van der Waals surface area contributed by atoms with Crippen LogP contribution in [0.25, 0.3) is 0 Å². The first-order valence-electron chi connectivity index (χ1n) is 4.12. The molecule has 0 fully saturated rings. The van der Waals surface area contributed by atoms with Gasteiger partial charge in [0.15, 0.2) is 11.3 Å². The van der Waals surface area contributed by atoms with Gasteiger partial charge in [0.2, 0.25) is 0 Å². The molecule has 1 aromatic heterocycles. The Balaban J connectivity index is 4.81. The smallest absolute Gasteiger partial charge is 0.419 e. The van der Waals surface area contributed by atoms with Crippen LogP contribution in [0.5, 0.6) is 0 Å². The van der Waals surface area contributed by atoms with E-state index in [0.29, 0.717) is 0 Å². The highest BCUT2D eigenvalue weighted by atomic mass is 16.4. The quantitative estimate of drug-likeness (QED) is 0.484. The van der Waals surface area contributed by atoms with Crippen LogP contribution in [-0.4, -0.2) is 39.5 Å². The van der Waals surface area contributed by atoms with Gasteiger partial charge in [0, 0.05) is 0 Å². The molecule has 1 aromatic rings. The molecule has 0 radical (unpaired) electrons. The molecule has 0 aliphatic heterocycles. The third-order valence-electron chi connectivity index (χ3n) is 1.97. The summed E-state index contributed by atoms with van der Waals surface area (Å²) in [4.78, 5) is 64.5. The van der Waals surface area contributed by atoms with Gasteiger partial charge in [-0.05, 0) is 0 Å². The van der Waals surface area contributed by atoms with E-state index in [2.05, 4.69) is 0 Å². The summed E-state index contributed by atoms with van der Waals surface area (Å²) in [6, 6.07) is 0. The van der Waals surface area contributed by atoms with Crippen molar-refractivity contribution in [2.75, 3.05) is 0 Å². The fraction of sp³-hybridized carbons (Fsp3) is 0. The van der Waals surface area contributed by atoms with E-state index < -0.39 is 32.7 Å². The molecule has 1 N–H and O–H groups in total. The molecule has 0 unspecified atom stereocenters. The predicted octanol–water partition coefficient (Wildman–Crippen LogP) is -5.61. The monoisotopic (exact) mass is 247 g/mol. The van der Waals surface area contributed by atoms with Gasteiger partial charge in [-0.1, -0.05) is 0 Å². The minimum absolute atomic E-state index is 0.200. The van der Waals surface area contributed by atoms with Crippen LogP contribution in [0.15, 0.2) is 4.79 Å². The summed E-state index contributed by atoms with van der Waals surface area (Å²) < 4.78 is -0.200. The standard InChI is InChI=1S/C10HNO7/c12-1-5-6(2-13)8(4-15)11(10(17)18)9(16)7(5)3-14/h(H,17,18). The second-order valence-corrected chi connectivity index (χ2v) is 2.80. The van der Waals surface area contributed by atoms with Crippen molar-refractivity contribution in [2.45, 2.75) is 0 Å². The Bertz CT molecular complexity index is 932. The first-order chi connectivity index (χ1) is 8.53. The first-order valence-corrected chi connectivity index (χ1v) is 4.12. The number of aromatic nitrogens is 1. The van der Waals surface area contributed by atoms with E-state index in [-0.39, 0.29) is 4.57 Å². The van der Waals surface area contributed by atoms with Crippen molar-refractivity contribution in [2.24, 2.45) is 0 Å². The van der Waals surface area contributed by atoms with Gasteiger partial charge in [0.25, 0.3) is 5.56 Å². The Morgan fingerprint density at radius 2 is 1.39 bits per heavy atom. The Hall–Kier alpha value is -3.26. The number of hydrogen-bond acceptors (Lipinski definition) is 6. The second kappa shape index (κ2) is 4.72. The molecular weight excluding hydrogens is 246 g/mol. The zero-order valence-corrected chi connectivity index (χ0v) is 8.34. The van der Waals surface area contributed by atoms with Crippen LogP contribution < -0.4 is 26.6 Å². The lowest BCUT2D eigenvalue weighted by Gasteiger charge is -1.96. The molecule has 1 rings (SSSR count). The summed E-state index contributed by atoms with van der Waals surface area (Å²) in [5.74, 6) is 4.22. The second-order valence-electron chi connectivity index (χ2n) is 2.80. The van der Waals surface area contributed by atoms with Crippen LogP contribution in [0.2, 0.25) is 0 Å². The molecule has 1 heterocycles. The van der Waals surface area contributed by atoms with Gasteiger partial charge in [-0.15, -0.1) is 0 Å². The van der Waals surface area contributed by atoms with Crippen molar-refractivity contribution in [3.8, 4) is 0 Å². The lowest BCUT2D eigenvalue weighted by molar-refractivity contribution is 0.194. The van der Waals surface area contributed by atoms with Gasteiger partial charge < -0.3 is 5.11 Å². The van der Waals surface area contributed by atoms with E-state index in [1.807, 2.05) is 0 Å². The third-order valence-corrected chi connectivity index (χ3v) is 1.97. The molecule has 8 heteroatoms. The Morgan fingerprint density at radius 3 is 1.72 bits per heavy atom. The van der Waals surface area contributed by atoms with Crippen LogP contribution in [0, 0.1) is 0 Å². The van der Waals surface area contributed by atoms with Crippen LogP contribution in [0.1, 0.15) is 0 Å². The number of carbonyl (C=O) groups excluding carboxylic acids is 4. The van der Waals surface area contributed by atoms with E-state index in [1.165, 1.54) is 0 Å². The molecule has 0 aliphatic rings. The summed E-state index contributed by atoms with van der Waals surface area (Å²) in [7, 11) is 0. The van der Waals surface area contributed by atoms with Crippen molar-refractivity contribution in [1.29, 1.82) is 0 Å². The summed E-state index contributed by atoms with van der Waals surface area (Å²) >= 11 is 0. The molecule has 0 spiro atoms. The lowest BCUT2D eigenvalue weighted by atomic mass is 10.2. The number of rotatable bonds is 0. The summed E-state index contributed by atoms with van der Waals surface area (Å²) in [5.41, 5.74) is -1.49. The van der Waals surface area contributed by atoms with E-state index in [9.17, 15) is 28.8 Å². The Morgan fingerprint density at radius 1 is 0.889 bits per heavy atom. The average molecular weight is 247 g/mol. The van der Waals surface area contributed by atoms with Crippen molar-refractivity contribution in [1.82, 2.24) is 4.57 Å². The largest absolute Gasteiger partial charge is 0.464 e. The number of carbonyl (C=O) groups is 1. The van der Waals surface area contributed by atoms with Gasteiger partial charge in [-0.2, -0.15) is 4.57 Å². The maximum atomic E-state index is 11.5. The van der Waals surface area contributed by atoms with E-state index in [0.717, 1.165) is 23.8 Å². The number of hydrogen-bond donors (Lipinski definition) is 1. The fourth-order valence-electron chi connectivity index (χ4n) is 1.25. The molecule has 88 valence electrons. The van der Waals surface area contributed by atoms with Crippen LogP contribution in [0.4, 0.5) is 4.79 Å². The topological polar surface area (TPSA) is 128 Å². The third kappa shape index (κ3) is 1.64. The fourth-order valence-corrected chi connectivity index (χ4v) is 1.25. The van der Waals surface area contributed by atoms with E-state index >= 15 is 0 Å². The average Bonchev–Trinajstić information content (AvgIpc) is 2.36. The molecule has 0 saturated carbocycles. The number of pyridine rings is 1. The van der Waals surface area contributed by atoms with Gasteiger partial charge in [0.1, 0.15) is 33.5 Å². The molecule has 0 amide bonds. The highest BCUT2D eigenvalue weighted by Gasteiger charge is 2.13. The summed E-state index contributed by atoms with van der Waals surface area (Å²) in [6.07, 6.45) is -1.93. The molecule has 0 aliphatic carbocycles. The minimum Gasteiger partial charge on any atom is -0.464 e. The highest BCUT2D eigenvalue weighted by Crippen LogP contribution is 1.61. The minimum atomic E-state index is -1.93. The van der Waals surface area contributed by atoms with Crippen molar-refractivity contribution in [3.05, 3.63) is 31.4 Å². The maximum absolute atomic E-state index is 11.5. The van der Waals surface area contributed by atoms with Gasteiger partial charge in [0.05, 0.1) is 0 Å². The van der Waals surface area contributed by atoms with Crippen LogP contribution >= 0.6 is 0 Å². The van der Waals surface area contributed by atoms with Crippen LogP contribution in [0.3, 0.4) is 0 Å². The lowest BCUT2D eigenvalue weighted by Crippen LogP contribution is -2.65. The molecule has 0 atom stereocenters. The summed E-state index contributed by atoms with van der Waals surface area (Å²) in [5, 5.41) is 4.89. The van der Waals surface area contributed by atoms with Crippen molar-refractivity contribution < 1.29 is 29.1 Å². The molecule has 0 bridgehead atoms. The van der Waals surface area contributed by atoms with Gasteiger partial charge >= 0.3 is 6.09 Å². The zero-order chi connectivity index (χ0) is 13.9. The predicted molar refractivity (Wildman–Crippen MR) is 51.8 cm³/mol. The molecule has 18 heavy (non-hydrogen) atoms. The molecule has 8 nitrogen and oxygen atoms in total. The summed E-state index contributed by atoms with van der Waals surface area (Å²) in [6.45, 7) is 0. The first kappa shape index (κ1) is 12.8. The maximum Gasteiger partial charge on any atom is 0.419 e. The Kier molecular flexibility index (Phi) is 3.36. The van der Waals surface area contributed by atoms with Crippen molar-refractivity contribution >= 4 is 29.9 Å². The van der Waals surface area contributed by atoms with Gasteiger partial charge in [-0.3, -0.25) is 4.79 Å². The highest BCUT2D eigenvalue weighted by molar-refractivity contribution is 5.71.